The second kappa shape index (κ2) is 4.33. The second-order valence-electron chi connectivity index (χ2n) is 6.28. The van der Waals surface area contributed by atoms with E-state index in [0.29, 0.717) is 17.5 Å². The number of hydrogen-bond donors (Lipinski definition) is 1. The van der Waals surface area contributed by atoms with Crippen molar-refractivity contribution in [1.29, 1.82) is 0 Å². The third-order valence-corrected chi connectivity index (χ3v) is 5.03. The predicted octanol–water partition coefficient (Wildman–Crippen LogP) is 3.53. The summed E-state index contributed by atoms with van der Waals surface area (Å²) in [6.45, 7) is 2.02. The minimum Gasteiger partial charge on any atom is -0.398 e. The molecule has 2 fully saturated rings. The van der Waals surface area contributed by atoms with Gasteiger partial charge in [-0.2, -0.15) is 4.98 Å². The first-order valence-electron chi connectivity index (χ1n) is 7.41. The molecule has 1 aromatic heterocycles. The van der Waals surface area contributed by atoms with E-state index in [4.69, 9.17) is 10.3 Å². The summed E-state index contributed by atoms with van der Waals surface area (Å²) in [5.74, 6) is 3.60. The number of aromatic nitrogens is 2. The lowest BCUT2D eigenvalue weighted by Crippen LogP contribution is -2.10. The minimum absolute atomic E-state index is 0.497. The largest absolute Gasteiger partial charge is 0.398 e. The van der Waals surface area contributed by atoms with Crippen LogP contribution in [0.2, 0.25) is 0 Å². The molecule has 2 saturated carbocycles. The summed E-state index contributed by atoms with van der Waals surface area (Å²) >= 11 is 0. The number of rotatable bonds is 2. The van der Waals surface area contributed by atoms with Gasteiger partial charge >= 0.3 is 0 Å². The van der Waals surface area contributed by atoms with Crippen LogP contribution in [0.5, 0.6) is 0 Å². The Morgan fingerprint density at radius 3 is 2.85 bits per heavy atom. The highest BCUT2D eigenvalue weighted by Gasteiger charge is 2.42. The van der Waals surface area contributed by atoms with E-state index in [1.54, 1.807) is 0 Å². The average Bonchev–Trinajstić information content (AvgIpc) is 3.14. The molecule has 0 spiro atoms. The summed E-state index contributed by atoms with van der Waals surface area (Å²) in [6, 6.07) is 5.85. The molecule has 2 aromatic rings. The van der Waals surface area contributed by atoms with E-state index < -0.39 is 0 Å². The summed E-state index contributed by atoms with van der Waals surface area (Å²) in [4.78, 5) is 4.65. The van der Waals surface area contributed by atoms with E-state index in [9.17, 15) is 0 Å². The van der Waals surface area contributed by atoms with Crippen molar-refractivity contribution < 1.29 is 4.52 Å². The van der Waals surface area contributed by atoms with Gasteiger partial charge in [0.05, 0.1) is 5.56 Å². The molecule has 0 radical (unpaired) electrons. The van der Waals surface area contributed by atoms with Crippen molar-refractivity contribution in [3.8, 4) is 11.5 Å². The Morgan fingerprint density at radius 2 is 2.15 bits per heavy atom. The summed E-state index contributed by atoms with van der Waals surface area (Å²) < 4.78 is 5.49. The van der Waals surface area contributed by atoms with Crippen LogP contribution < -0.4 is 5.73 Å². The minimum atomic E-state index is 0.497. The average molecular weight is 269 g/mol. The number of fused-ring (bicyclic) bond motifs is 2. The number of nitrogen functional groups attached to an aromatic ring is 1. The van der Waals surface area contributed by atoms with Crippen LogP contribution in [0.3, 0.4) is 0 Å². The molecule has 2 aliphatic rings. The van der Waals surface area contributed by atoms with Crippen molar-refractivity contribution in [3.05, 3.63) is 29.6 Å². The van der Waals surface area contributed by atoms with Gasteiger partial charge in [0.25, 0.3) is 5.89 Å². The Morgan fingerprint density at radius 1 is 1.25 bits per heavy atom. The number of anilines is 1. The van der Waals surface area contributed by atoms with E-state index >= 15 is 0 Å². The van der Waals surface area contributed by atoms with E-state index in [1.807, 2.05) is 25.1 Å². The Labute approximate surface area is 118 Å². The third-order valence-electron chi connectivity index (χ3n) is 5.03. The lowest BCUT2D eigenvalue weighted by atomic mass is 9.88. The van der Waals surface area contributed by atoms with E-state index in [-0.39, 0.29) is 0 Å². The van der Waals surface area contributed by atoms with Gasteiger partial charge in [0, 0.05) is 11.6 Å². The molecule has 4 heteroatoms. The summed E-state index contributed by atoms with van der Waals surface area (Å²) in [6.07, 6.45) is 5.29. The molecular formula is C16H19N3O. The van der Waals surface area contributed by atoms with Crippen LogP contribution in [0, 0.1) is 18.8 Å². The number of hydrogen-bond acceptors (Lipinski definition) is 4. The van der Waals surface area contributed by atoms with Gasteiger partial charge in [-0.3, -0.25) is 0 Å². The molecule has 20 heavy (non-hydrogen) atoms. The van der Waals surface area contributed by atoms with Crippen molar-refractivity contribution in [2.24, 2.45) is 11.8 Å². The molecular weight excluding hydrogens is 250 g/mol. The molecule has 3 atom stereocenters. The molecule has 2 bridgehead atoms. The molecule has 104 valence electrons. The maximum Gasteiger partial charge on any atom is 0.260 e. The lowest BCUT2D eigenvalue weighted by molar-refractivity contribution is 0.372. The quantitative estimate of drug-likeness (QED) is 0.847. The van der Waals surface area contributed by atoms with Gasteiger partial charge in [-0.05, 0) is 49.7 Å². The molecule has 3 unspecified atom stereocenters. The molecule has 0 amide bonds. The van der Waals surface area contributed by atoms with E-state index in [1.165, 1.54) is 25.7 Å². The zero-order valence-corrected chi connectivity index (χ0v) is 11.7. The molecule has 2 N–H and O–H groups in total. The third kappa shape index (κ3) is 1.74. The molecule has 1 heterocycles. The predicted molar refractivity (Wildman–Crippen MR) is 77.1 cm³/mol. The monoisotopic (exact) mass is 269 g/mol. The van der Waals surface area contributed by atoms with Crippen LogP contribution in [0.15, 0.2) is 22.7 Å². The maximum atomic E-state index is 6.05. The van der Waals surface area contributed by atoms with Gasteiger partial charge in [0.1, 0.15) is 0 Å². The fraction of sp³-hybridized carbons (Fsp3) is 0.500. The summed E-state index contributed by atoms with van der Waals surface area (Å²) in [5, 5.41) is 4.23. The first-order chi connectivity index (χ1) is 9.72. The topological polar surface area (TPSA) is 64.9 Å². The zero-order chi connectivity index (χ0) is 13.7. The maximum absolute atomic E-state index is 6.05. The highest BCUT2D eigenvalue weighted by Crippen LogP contribution is 2.52. The zero-order valence-electron chi connectivity index (χ0n) is 11.7. The van der Waals surface area contributed by atoms with Crippen LogP contribution in [0.1, 0.15) is 43.0 Å². The number of aryl methyl sites for hydroxylation is 1. The van der Waals surface area contributed by atoms with Gasteiger partial charge in [0.2, 0.25) is 0 Å². The Kier molecular flexibility index (Phi) is 2.59. The molecule has 0 aliphatic heterocycles. The van der Waals surface area contributed by atoms with Crippen LogP contribution in [0.25, 0.3) is 11.5 Å². The fourth-order valence-electron chi connectivity index (χ4n) is 4.03. The highest BCUT2D eigenvalue weighted by molar-refractivity contribution is 5.73. The molecule has 4 rings (SSSR count). The summed E-state index contributed by atoms with van der Waals surface area (Å²) in [5.41, 5.74) is 8.71. The first kappa shape index (κ1) is 11.9. The molecule has 1 aromatic carbocycles. The highest BCUT2D eigenvalue weighted by atomic mass is 16.5. The van der Waals surface area contributed by atoms with Gasteiger partial charge < -0.3 is 10.3 Å². The molecule has 4 nitrogen and oxygen atoms in total. The number of nitrogens with zero attached hydrogens (tertiary/aromatic N) is 2. The lowest BCUT2D eigenvalue weighted by Gasteiger charge is -2.17. The van der Waals surface area contributed by atoms with Gasteiger partial charge in [-0.15, -0.1) is 0 Å². The van der Waals surface area contributed by atoms with Crippen molar-refractivity contribution >= 4 is 5.69 Å². The number of nitrogens with two attached hydrogens (primary N) is 1. The van der Waals surface area contributed by atoms with Crippen molar-refractivity contribution in [3.63, 3.8) is 0 Å². The smallest absolute Gasteiger partial charge is 0.260 e. The van der Waals surface area contributed by atoms with Crippen LogP contribution >= 0.6 is 0 Å². The Hall–Kier alpha value is -1.84. The van der Waals surface area contributed by atoms with Crippen LogP contribution in [0.4, 0.5) is 5.69 Å². The molecule has 2 aliphatic carbocycles. The van der Waals surface area contributed by atoms with Gasteiger partial charge in [-0.25, -0.2) is 0 Å². The van der Waals surface area contributed by atoms with Gasteiger partial charge in [-0.1, -0.05) is 23.7 Å². The fourth-order valence-corrected chi connectivity index (χ4v) is 4.03. The SMILES string of the molecule is Cc1cccc(N)c1-c1nc(C2CC3CCC2C3)no1. The van der Waals surface area contributed by atoms with E-state index in [2.05, 4.69) is 10.1 Å². The standard InChI is InChI=1S/C16H19N3O/c1-9-3-2-4-13(17)14(9)16-18-15(19-20-16)12-8-10-5-6-11(12)7-10/h2-4,10-12H,5-8,17H2,1H3. The van der Waals surface area contributed by atoms with Crippen molar-refractivity contribution in [1.82, 2.24) is 10.1 Å². The van der Waals surface area contributed by atoms with Gasteiger partial charge in [0.15, 0.2) is 5.82 Å². The molecule has 0 saturated heterocycles. The van der Waals surface area contributed by atoms with E-state index in [0.717, 1.165) is 28.8 Å². The Bertz CT molecular complexity index is 629. The summed E-state index contributed by atoms with van der Waals surface area (Å²) in [7, 11) is 0. The number of benzene rings is 1. The van der Waals surface area contributed by atoms with Crippen LogP contribution in [-0.4, -0.2) is 10.1 Å². The van der Waals surface area contributed by atoms with Crippen molar-refractivity contribution in [2.45, 2.75) is 38.5 Å². The Balaban J connectivity index is 1.69. The normalized spacial score (nSPS) is 28.1. The first-order valence-corrected chi connectivity index (χ1v) is 7.41. The second-order valence-corrected chi connectivity index (χ2v) is 6.28. The van der Waals surface area contributed by atoms with Crippen molar-refractivity contribution in [2.75, 3.05) is 5.73 Å². The van der Waals surface area contributed by atoms with Crippen LogP contribution in [-0.2, 0) is 0 Å².